The predicted molar refractivity (Wildman–Crippen MR) is 161 cm³/mol. The first-order valence-corrected chi connectivity index (χ1v) is 16.3. The second-order valence-corrected chi connectivity index (χ2v) is 16.7. The highest BCUT2D eigenvalue weighted by Crippen LogP contribution is 2.74. The van der Waals surface area contributed by atoms with Crippen molar-refractivity contribution in [3.63, 3.8) is 0 Å². The normalized spacial score (nSPS) is 38.5. The van der Waals surface area contributed by atoms with Crippen molar-refractivity contribution in [2.45, 2.75) is 93.4 Å². The van der Waals surface area contributed by atoms with Crippen molar-refractivity contribution in [2.75, 3.05) is 0 Å². The molecule has 3 saturated carbocycles. The maximum atomic E-state index is 14.7. The molecule has 0 aliphatic heterocycles. The van der Waals surface area contributed by atoms with Gasteiger partial charge in [-0.25, -0.2) is 13.2 Å². The van der Waals surface area contributed by atoms with E-state index >= 15 is 0 Å². The van der Waals surface area contributed by atoms with E-state index in [0.29, 0.717) is 32.1 Å². The third kappa shape index (κ3) is 4.19. The summed E-state index contributed by atoms with van der Waals surface area (Å²) in [6.07, 6.45) is 6.42. The fraction of sp³-hybridized carbons (Fsp3) is 0.622. The summed E-state index contributed by atoms with van der Waals surface area (Å²) >= 11 is 0. The lowest BCUT2D eigenvalue weighted by molar-refractivity contribution is -0.187. The molecule has 0 aromatic heterocycles. The number of nitrogens with zero attached hydrogens (tertiary/aromatic N) is 1. The van der Waals surface area contributed by atoms with Gasteiger partial charge in [0.05, 0.1) is 11.0 Å². The molecule has 0 amide bonds. The van der Waals surface area contributed by atoms with E-state index in [4.69, 9.17) is 4.74 Å². The fourth-order valence-corrected chi connectivity index (χ4v) is 10.9. The standard InChI is InChI=1S/C37H40F5NO4/c1-32(2)10-12-37(31(46)47-29-27(41)25(39)24(38)26(40)28(29)42)13-11-36(7)23(19(37)16-32)20(44)14-22-34(5)15-18(17-43)30(45)33(3,4)21(34)8-9-35(22,36)6/h14-15,19,21,23H,8-13,16H2,1-7H3/t19-,21-,23-,34-,35+,36+,37-/m0/s1. The van der Waals surface area contributed by atoms with Crippen molar-refractivity contribution in [3.05, 3.63) is 52.4 Å². The molecule has 1 aromatic rings. The summed E-state index contributed by atoms with van der Waals surface area (Å²) in [5.74, 6) is -15.9. The Balaban J connectivity index is 1.48. The molecule has 0 bridgehead atoms. The van der Waals surface area contributed by atoms with Crippen LogP contribution in [0.2, 0.25) is 0 Å². The van der Waals surface area contributed by atoms with Gasteiger partial charge in [-0.3, -0.25) is 14.4 Å². The fourth-order valence-electron chi connectivity index (χ4n) is 10.9. The molecule has 0 N–H and O–H groups in total. The topological polar surface area (TPSA) is 84.2 Å². The van der Waals surface area contributed by atoms with Crippen LogP contribution in [0.4, 0.5) is 22.0 Å². The molecule has 252 valence electrons. The van der Waals surface area contributed by atoms with Crippen molar-refractivity contribution in [2.24, 2.45) is 50.2 Å². The van der Waals surface area contributed by atoms with Crippen LogP contribution in [0.5, 0.6) is 5.75 Å². The van der Waals surface area contributed by atoms with Crippen molar-refractivity contribution in [3.8, 4) is 11.8 Å². The van der Waals surface area contributed by atoms with Crippen LogP contribution in [0.15, 0.2) is 23.3 Å². The van der Waals surface area contributed by atoms with Crippen molar-refractivity contribution >= 4 is 17.5 Å². The number of hydrogen-bond acceptors (Lipinski definition) is 5. The highest BCUT2D eigenvalue weighted by molar-refractivity contribution is 6.04. The number of benzene rings is 1. The molecule has 10 heteroatoms. The van der Waals surface area contributed by atoms with Crippen LogP contribution in [0.25, 0.3) is 0 Å². The maximum Gasteiger partial charge on any atom is 0.317 e. The van der Waals surface area contributed by atoms with E-state index in [0.717, 1.165) is 5.57 Å². The summed E-state index contributed by atoms with van der Waals surface area (Å²) in [7, 11) is 0. The van der Waals surface area contributed by atoms with E-state index in [-0.39, 0.29) is 41.3 Å². The lowest BCUT2D eigenvalue weighted by Crippen LogP contribution is -2.66. The molecule has 47 heavy (non-hydrogen) atoms. The Morgan fingerprint density at radius 3 is 2.02 bits per heavy atom. The van der Waals surface area contributed by atoms with Crippen molar-refractivity contribution < 1.29 is 41.1 Å². The monoisotopic (exact) mass is 657 g/mol. The summed E-state index contributed by atoms with van der Waals surface area (Å²) in [5, 5.41) is 9.92. The number of halogens is 5. The number of rotatable bonds is 2. The summed E-state index contributed by atoms with van der Waals surface area (Å²) < 4.78 is 76.5. The minimum absolute atomic E-state index is 0.0752. The molecule has 5 nitrogen and oxygen atoms in total. The molecule has 3 fully saturated rings. The number of carbonyl (C=O) groups is 3. The molecular weight excluding hydrogens is 617 g/mol. The number of ketones is 2. The number of hydrogen-bond donors (Lipinski definition) is 0. The van der Waals surface area contributed by atoms with Crippen LogP contribution in [-0.2, 0) is 14.4 Å². The van der Waals surface area contributed by atoms with Gasteiger partial charge in [0.2, 0.25) is 34.8 Å². The van der Waals surface area contributed by atoms with E-state index < -0.39 is 79.7 Å². The number of ether oxygens (including phenoxy) is 1. The van der Waals surface area contributed by atoms with E-state index in [1.807, 2.05) is 34.6 Å². The van der Waals surface area contributed by atoms with Crippen LogP contribution < -0.4 is 4.74 Å². The quantitative estimate of drug-likeness (QED) is 0.105. The van der Waals surface area contributed by atoms with Gasteiger partial charge in [0.1, 0.15) is 6.07 Å². The minimum Gasteiger partial charge on any atom is -0.420 e. The number of allylic oxidation sites excluding steroid dienone is 4. The van der Waals surface area contributed by atoms with E-state index in [9.17, 15) is 41.6 Å². The third-order valence-corrected chi connectivity index (χ3v) is 13.6. The smallest absolute Gasteiger partial charge is 0.317 e. The first kappa shape index (κ1) is 33.5. The van der Waals surface area contributed by atoms with Gasteiger partial charge in [0, 0.05) is 16.7 Å². The molecule has 1 aromatic carbocycles. The lowest BCUT2D eigenvalue weighted by atomic mass is 9.34. The Morgan fingerprint density at radius 1 is 0.851 bits per heavy atom. The summed E-state index contributed by atoms with van der Waals surface area (Å²) in [6.45, 7) is 13.9. The second-order valence-electron chi connectivity index (χ2n) is 16.7. The molecule has 0 spiro atoms. The Morgan fingerprint density at radius 2 is 1.43 bits per heavy atom. The van der Waals surface area contributed by atoms with Gasteiger partial charge < -0.3 is 4.74 Å². The van der Waals surface area contributed by atoms with Gasteiger partial charge in [-0.1, -0.05) is 60.1 Å². The van der Waals surface area contributed by atoms with Crippen LogP contribution in [0.3, 0.4) is 0 Å². The third-order valence-electron chi connectivity index (χ3n) is 13.6. The Hall–Kier alpha value is -3.35. The molecule has 5 aliphatic carbocycles. The molecule has 0 unspecified atom stereocenters. The number of esters is 1. The van der Waals surface area contributed by atoms with E-state index in [1.54, 1.807) is 12.2 Å². The minimum atomic E-state index is -2.35. The van der Waals surface area contributed by atoms with Gasteiger partial charge in [-0.2, -0.15) is 14.0 Å². The number of carbonyl (C=O) groups excluding carboxylic acids is 3. The van der Waals surface area contributed by atoms with Crippen LogP contribution in [0, 0.1) is 90.7 Å². The van der Waals surface area contributed by atoms with E-state index in [1.165, 1.54) is 0 Å². The van der Waals surface area contributed by atoms with Crippen molar-refractivity contribution in [1.29, 1.82) is 5.26 Å². The average molecular weight is 658 g/mol. The zero-order valence-corrected chi connectivity index (χ0v) is 27.8. The van der Waals surface area contributed by atoms with Gasteiger partial charge in [-0.15, -0.1) is 0 Å². The van der Waals surface area contributed by atoms with E-state index in [2.05, 4.69) is 19.9 Å². The average Bonchev–Trinajstić information content (AvgIpc) is 3.00. The van der Waals surface area contributed by atoms with Crippen LogP contribution in [-0.4, -0.2) is 17.5 Å². The highest BCUT2D eigenvalue weighted by Gasteiger charge is 2.71. The largest absolute Gasteiger partial charge is 0.420 e. The Kier molecular flexibility index (Phi) is 7.20. The Bertz CT molecular complexity index is 1730. The van der Waals surface area contributed by atoms with Crippen LogP contribution >= 0.6 is 0 Å². The van der Waals surface area contributed by atoms with Gasteiger partial charge in [-0.05, 0) is 79.1 Å². The van der Waals surface area contributed by atoms with Gasteiger partial charge in [0.25, 0.3) is 0 Å². The predicted octanol–water partition coefficient (Wildman–Crippen LogP) is 8.51. The molecule has 0 radical (unpaired) electrons. The first-order valence-electron chi connectivity index (χ1n) is 16.3. The first-order chi connectivity index (χ1) is 21.6. The number of Topliss-reactive ketones (excluding diaryl/α,β-unsaturated/α-hetero) is 1. The Labute approximate surface area is 271 Å². The molecule has 0 heterocycles. The summed E-state index contributed by atoms with van der Waals surface area (Å²) in [5.41, 5.74) is -3.64. The molecule has 5 aliphatic rings. The SMILES string of the molecule is CC1(C)CC[C@]2(C(=O)Oc3c(F)c(F)c(F)c(F)c3F)CC[C@]3(C)[C@H](C(=O)C=C4[C@@]5(C)C=C(C#N)C(=O)C(C)(C)[C@@H]5CC[C@]43C)[C@@H]2C1. The zero-order chi connectivity index (χ0) is 34.9. The van der Waals surface area contributed by atoms with Crippen LogP contribution in [0.1, 0.15) is 93.4 Å². The molecule has 0 saturated heterocycles. The van der Waals surface area contributed by atoms with Gasteiger partial charge in [0.15, 0.2) is 11.6 Å². The molecule has 6 rings (SSSR count). The molecule has 7 atom stereocenters. The maximum absolute atomic E-state index is 14.7. The highest BCUT2D eigenvalue weighted by atomic mass is 19.2. The second kappa shape index (κ2) is 10.1. The number of fused-ring (bicyclic) bond motifs is 7. The number of nitriles is 1. The summed E-state index contributed by atoms with van der Waals surface area (Å²) in [6, 6.07) is 2.08. The van der Waals surface area contributed by atoms with Crippen molar-refractivity contribution in [1.82, 2.24) is 0 Å². The lowest BCUT2D eigenvalue weighted by Gasteiger charge is -2.68. The van der Waals surface area contributed by atoms with Gasteiger partial charge >= 0.3 is 5.97 Å². The molecular formula is C37H40F5NO4. The zero-order valence-electron chi connectivity index (χ0n) is 27.8. The summed E-state index contributed by atoms with van der Waals surface area (Å²) in [4.78, 5) is 42.0.